The molecule has 1 unspecified atom stereocenters. The molecule has 1 aliphatic heterocycles. The van der Waals surface area contributed by atoms with Crippen LogP contribution in [-0.2, 0) is 0 Å². The summed E-state index contributed by atoms with van der Waals surface area (Å²) < 4.78 is 6.08. The molecule has 0 spiro atoms. The van der Waals surface area contributed by atoms with Gasteiger partial charge in [-0.1, -0.05) is 0 Å². The molecule has 1 saturated heterocycles. The van der Waals surface area contributed by atoms with Crippen LogP contribution in [0, 0.1) is 6.92 Å². The monoisotopic (exact) mass is 392 g/mol. The van der Waals surface area contributed by atoms with Crippen LogP contribution in [0.25, 0.3) is 0 Å². The van der Waals surface area contributed by atoms with Crippen LogP contribution in [0.5, 0.6) is 5.75 Å². The second-order valence-corrected chi connectivity index (χ2v) is 6.98. The summed E-state index contributed by atoms with van der Waals surface area (Å²) in [6, 6.07) is 7.29. The second-order valence-electron chi connectivity index (χ2n) is 6.13. The molecule has 6 heteroatoms. The number of phenolic OH excluding ortho intramolecular Hbond substituents is 1. The standard InChI is InChI=1S/C18H21BrN2O3/c1-12-9-13(17(22)14(19)10-12)18(23)20-11-15(16-5-4-8-24-16)21-6-2-3-7-21/h4-5,8-10,15,22H,2-3,6-7,11H2,1H3,(H,20,23). The van der Waals surface area contributed by atoms with Crippen molar-refractivity contribution in [2.75, 3.05) is 19.6 Å². The van der Waals surface area contributed by atoms with Crippen LogP contribution in [0.2, 0.25) is 0 Å². The van der Waals surface area contributed by atoms with Crippen molar-refractivity contribution in [3.63, 3.8) is 0 Å². The molecular formula is C18H21BrN2O3. The molecule has 3 rings (SSSR count). The molecule has 0 bridgehead atoms. The van der Waals surface area contributed by atoms with Gasteiger partial charge < -0.3 is 14.8 Å². The molecule has 1 aromatic carbocycles. The predicted molar refractivity (Wildman–Crippen MR) is 95.1 cm³/mol. The van der Waals surface area contributed by atoms with Crippen molar-refractivity contribution in [1.29, 1.82) is 0 Å². The Balaban J connectivity index is 1.74. The number of hydrogen-bond donors (Lipinski definition) is 2. The summed E-state index contributed by atoms with van der Waals surface area (Å²) in [7, 11) is 0. The lowest BCUT2D eigenvalue weighted by Crippen LogP contribution is -2.36. The van der Waals surface area contributed by atoms with Crippen molar-refractivity contribution in [2.24, 2.45) is 0 Å². The summed E-state index contributed by atoms with van der Waals surface area (Å²) in [6.07, 6.45) is 3.98. The molecule has 1 amide bonds. The first kappa shape index (κ1) is 17.0. The van der Waals surface area contributed by atoms with E-state index < -0.39 is 0 Å². The number of aromatic hydroxyl groups is 1. The second kappa shape index (κ2) is 7.40. The third-order valence-corrected chi connectivity index (χ3v) is 4.97. The minimum atomic E-state index is -0.285. The first-order valence-corrected chi connectivity index (χ1v) is 8.90. The van der Waals surface area contributed by atoms with Crippen molar-refractivity contribution in [2.45, 2.75) is 25.8 Å². The van der Waals surface area contributed by atoms with Gasteiger partial charge in [0.05, 0.1) is 22.3 Å². The van der Waals surface area contributed by atoms with E-state index in [1.807, 2.05) is 19.1 Å². The molecule has 5 nitrogen and oxygen atoms in total. The number of likely N-dealkylation sites (tertiary alicyclic amines) is 1. The quantitative estimate of drug-likeness (QED) is 0.815. The van der Waals surface area contributed by atoms with Gasteiger partial charge in [0.15, 0.2) is 0 Å². The molecule has 1 aliphatic rings. The highest BCUT2D eigenvalue weighted by molar-refractivity contribution is 9.10. The van der Waals surface area contributed by atoms with E-state index >= 15 is 0 Å². The van der Waals surface area contributed by atoms with E-state index in [4.69, 9.17) is 4.42 Å². The molecule has 1 fully saturated rings. The van der Waals surface area contributed by atoms with Crippen molar-refractivity contribution in [1.82, 2.24) is 10.2 Å². The number of halogens is 1. The summed E-state index contributed by atoms with van der Waals surface area (Å²) in [5, 5.41) is 13.1. The number of benzene rings is 1. The zero-order valence-electron chi connectivity index (χ0n) is 13.6. The predicted octanol–water partition coefficient (Wildman–Crippen LogP) is 3.62. The Bertz CT molecular complexity index is 709. The highest BCUT2D eigenvalue weighted by atomic mass is 79.9. The lowest BCUT2D eigenvalue weighted by Gasteiger charge is -2.26. The number of furan rings is 1. The normalized spacial score (nSPS) is 16.2. The van der Waals surface area contributed by atoms with E-state index in [1.165, 1.54) is 0 Å². The Hall–Kier alpha value is -1.79. The van der Waals surface area contributed by atoms with Gasteiger partial charge in [0.2, 0.25) is 0 Å². The van der Waals surface area contributed by atoms with Gasteiger partial charge in [-0.3, -0.25) is 9.69 Å². The van der Waals surface area contributed by atoms with Gasteiger partial charge in [-0.15, -0.1) is 0 Å². The molecule has 24 heavy (non-hydrogen) atoms. The van der Waals surface area contributed by atoms with Crippen LogP contribution >= 0.6 is 15.9 Å². The van der Waals surface area contributed by atoms with Gasteiger partial charge in [-0.05, 0) is 78.6 Å². The maximum atomic E-state index is 12.5. The van der Waals surface area contributed by atoms with Crippen molar-refractivity contribution < 1.29 is 14.3 Å². The highest BCUT2D eigenvalue weighted by Gasteiger charge is 2.26. The zero-order valence-corrected chi connectivity index (χ0v) is 15.2. The topological polar surface area (TPSA) is 65.7 Å². The van der Waals surface area contributed by atoms with Crippen LogP contribution in [0.3, 0.4) is 0 Å². The third kappa shape index (κ3) is 3.65. The van der Waals surface area contributed by atoms with E-state index in [-0.39, 0.29) is 23.3 Å². The molecule has 0 aliphatic carbocycles. The summed E-state index contributed by atoms with van der Waals surface area (Å²) in [5.74, 6) is 0.535. The fourth-order valence-corrected chi connectivity index (χ4v) is 3.71. The molecule has 1 atom stereocenters. The first-order valence-electron chi connectivity index (χ1n) is 8.11. The lowest BCUT2D eigenvalue weighted by molar-refractivity contribution is 0.0931. The number of carbonyl (C=O) groups excluding carboxylic acids is 1. The van der Waals surface area contributed by atoms with Crippen LogP contribution in [0.4, 0.5) is 0 Å². The minimum absolute atomic E-state index is 0.0156. The van der Waals surface area contributed by atoms with Gasteiger partial charge in [0, 0.05) is 6.54 Å². The van der Waals surface area contributed by atoms with Crippen LogP contribution < -0.4 is 5.32 Å². The van der Waals surface area contributed by atoms with E-state index in [2.05, 4.69) is 26.1 Å². The number of nitrogens with zero attached hydrogens (tertiary/aromatic N) is 1. The highest BCUT2D eigenvalue weighted by Crippen LogP contribution is 2.30. The third-order valence-electron chi connectivity index (χ3n) is 4.36. The number of hydrogen-bond acceptors (Lipinski definition) is 4. The van der Waals surface area contributed by atoms with Gasteiger partial charge in [-0.25, -0.2) is 0 Å². The summed E-state index contributed by atoms with van der Waals surface area (Å²) in [4.78, 5) is 14.8. The number of phenols is 1. The Morgan fingerprint density at radius 1 is 1.42 bits per heavy atom. The summed E-state index contributed by atoms with van der Waals surface area (Å²) in [6.45, 7) is 4.33. The largest absolute Gasteiger partial charge is 0.506 e. The van der Waals surface area contributed by atoms with E-state index in [0.717, 1.165) is 37.3 Å². The molecule has 2 aromatic rings. The van der Waals surface area contributed by atoms with Crippen LogP contribution in [0.1, 0.15) is 40.6 Å². The number of aryl methyl sites for hydroxylation is 1. The van der Waals surface area contributed by atoms with Crippen molar-refractivity contribution in [3.05, 3.63) is 51.9 Å². The summed E-state index contributed by atoms with van der Waals surface area (Å²) in [5.41, 5.74) is 1.19. The maximum Gasteiger partial charge on any atom is 0.255 e. The minimum Gasteiger partial charge on any atom is -0.506 e. The Morgan fingerprint density at radius 3 is 2.83 bits per heavy atom. The molecule has 0 saturated carbocycles. The first-order chi connectivity index (χ1) is 11.6. The molecular weight excluding hydrogens is 372 g/mol. The van der Waals surface area contributed by atoms with Gasteiger partial charge in [0.1, 0.15) is 11.5 Å². The van der Waals surface area contributed by atoms with Crippen LogP contribution in [-0.4, -0.2) is 35.5 Å². The Kier molecular flexibility index (Phi) is 5.26. The number of rotatable bonds is 5. The van der Waals surface area contributed by atoms with Crippen molar-refractivity contribution >= 4 is 21.8 Å². The Labute approximate surface area is 149 Å². The van der Waals surface area contributed by atoms with Gasteiger partial charge >= 0.3 is 0 Å². The molecule has 2 N–H and O–H groups in total. The smallest absolute Gasteiger partial charge is 0.255 e. The Morgan fingerprint density at radius 2 is 2.17 bits per heavy atom. The SMILES string of the molecule is Cc1cc(Br)c(O)c(C(=O)NCC(c2ccco2)N2CCCC2)c1. The lowest BCUT2D eigenvalue weighted by atomic mass is 10.1. The molecule has 2 heterocycles. The zero-order chi connectivity index (χ0) is 17.1. The fourth-order valence-electron chi connectivity index (χ4n) is 3.14. The summed E-state index contributed by atoms with van der Waals surface area (Å²) >= 11 is 3.28. The number of carbonyl (C=O) groups is 1. The average Bonchev–Trinajstić information content (AvgIpc) is 3.24. The number of amides is 1. The molecule has 1 aromatic heterocycles. The molecule has 0 radical (unpaired) electrons. The average molecular weight is 393 g/mol. The van der Waals surface area contributed by atoms with E-state index in [0.29, 0.717) is 11.0 Å². The van der Waals surface area contributed by atoms with E-state index in [9.17, 15) is 9.90 Å². The molecule has 128 valence electrons. The maximum absolute atomic E-state index is 12.5. The van der Waals surface area contributed by atoms with Crippen molar-refractivity contribution in [3.8, 4) is 5.75 Å². The van der Waals surface area contributed by atoms with Crippen LogP contribution in [0.15, 0.2) is 39.4 Å². The van der Waals surface area contributed by atoms with E-state index in [1.54, 1.807) is 18.4 Å². The number of nitrogens with one attached hydrogen (secondary N) is 1. The van der Waals surface area contributed by atoms with Gasteiger partial charge in [-0.2, -0.15) is 0 Å². The fraction of sp³-hybridized carbons (Fsp3) is 0.389. The van der Waals surface area contributed by atoms with Gasteiger partial charge in [0.25, 0.3) is 5.91 Å².